The van der Waals surface area contributed by atoms with Crippen LogP contribution in [-0.2, 0) is 9.53 Å². The zero-order chi connectivity index (χ0) is 15.7. The van der Waals surface area contributed by atoms with Crippen LogP contribution in [0.25, 0.3) is 0 Å². The van der Waals surface area contributed by atoms with Crippen LogP contribution in [0.5, 0.6) is 0 Å². The first kappa shape index (κ1) is 18.4. The maximum absolute atomic E-state index is 12.1. The van der Waals surface area contributed by atoms with E-state index >= 15 is 0 Å². The van der Waals surface area contributed by atoms with E-state index < -0.39 is 5.54 Å². The minimum atomic E-state index is -0.541. The van der Waals surface area contributed by atoms with Gasteiger partial charge in [-0.2, -0.15) is 0 Å². The topological polar surface area (TPSA) is 41.6 Å². The third-order valence-electron chi connectivity index (χ3n) is 4.63. The molecule has 0 saturated heterocycles. The summed E-state index contributed by atoms with van der Waals surface area (Å²) in [5, 5.41) is 3.31. The molecule has 1 fully saturated rings. The smallest absolute Gasteiger partial charge is 0.326 e. The molecule has 4 nitrogen and oxygen atoms in total. The summed E-state index contributed by atoms with van der Waals surface area (Å²) >= 11 is 0. The van der Waals surface area contributed by atoms with Crippen molar-refractivity contribution < 1.29 is 9.53 Å². The first-order chi connectivity index (χ1) is 10.1. The molecule has 0 aliphatic heterocycles. The highest BCUT2D eigenvalue weighted by Crippen LogP contribution is 2.27. The number of hydrogen-bond donors (Lipinski definition) is 1. The van der Waals surface area contributed by atoms with Gasteiger partial charge in [-0.25, -0.2) is 0 Å². The van der Waals surface area contributed by atoms with Crippen molar-refractivity contribution in [3.05, 3.63) is 0 Å². The second-order valence-corrected chi connectivity index (χ2v) is 6.38. The highest BCUT2D eigenvalue weighted by Gasteiger charge is 2.33. The molecule has 1 N–H and O–H groups in total. The van der Waals surface area contributed by atoms with E-state index in [1.54, 1.807) is 0 Å². The Hall–Kier alpha value is -0.610. The maximum Gasteiger partial charge on any atom is 0.326 e. The van der Waals surface area contributed by atoms with Crippen molar-refractivity contribution in [2.45, 2.75) is 65.3 Å². The van der Waals surface area contributed by atoms with E-state index in [-0.39, 0.29) is 5.97 Å². The minimum Gasteiger partial charge on any atom is -0.465 e. The lowest BCUT2D eigenvalue weighted by Gasteiger charge is -2.33. The molecule has 0 aromatic carbocycles. The van der Waals surface area contributed by atoms with Crippen LogP contribution in [-0.4, -0.2) is 49.2 Å². The van der Waals surface area contributed by atoms with Crippen molar-refractivity contribution in [2.24, 2.45) is 5.92 Å². The Balaban J connectivity index is 2.38. The van der Waals surface area contributed by atoms with Crippen LogP contribution in [0.1, 0.15) is 59.8 Å². The molecule has 0 heterocycles. The monoisotopic (exact) mass is 298 g/mol. The molecule has 0 radical (unpaired) electrons. The average Bonchev–Trinajstić information content (AvgIpc) is 2.41. The van der Waals surface area contributed by atoms with Crippen molar-refractivity contribution in [3.8, 4) is 0 Å². The molecule has 0 amide bonds. The number of carbonyl (C=O) groups excluding carboxylic acids is 1. The first-order valence-corrected chi connectivity index (χ1v) is 8.70. The van der Waals surface area contributed by atoms with E-state index in [1.807, 2.05) is 20.8 Å². The van der Waals surface area contributed by atoms with Crippen molar-refractivity contribution >= 4 is 5.97 Å². The second-order valence-electron chi connectivity index (χ2n) is 6.38. The highest BCUT2D eigenvalue weighted by atomic mass is 16.5. The van der Waals surface area contributed by atoms with Gasteiger partial charge in [-0.1, -0.05) is 20.3 Å². The number of esters is 1. The summed E-state index contributed by atoms with van der Waals surface area (Å²) in [4.78, 5) is 14.7. The Morgan fingerprint density at radius 3 is 2.52 bits per heavy atom. The second kappa shape index (κ2) is 9.42. The molecule has 0 aromatic rings. The van der Waals surface area contributed by atoms with E-state index in [9.17, 15) is 4.79 Å². The molecule has 1 aliphatic carbocycles. The van der Waals surface area contributed by atoms with Gasteiger partial charge < -0.3 is 15.0 Å². The molecule has 1 rings (SSSR count). The number of nitrogens with zero attached hydrogens (tertiary/aromatic N) is 1. The van der Waals surface area contributed by atoms with Gasteiger partial charge in [0.1, 0.15) is 5.54 Å². The predicted octanol–water partition coefficient (Wildman–Crippen LogP) is 2.82. The Labute approximate surface area is 130 Å². The van der Waals surface area contributed by atoms with Gasteiger partial charge in [0.2, 0.25) is 0 Å². The molecule has 124 valence electrons. The van der Waals surface area contributed by atoms with Crippen molar-refractivity contribution in [2.75, 3.05) is 32.8 Å². The standard InChI is InChI=1S/C17H34N2O2/c1-5-18-17(4,16(20)21-7-3)12-9-13-19(6-2)14-15-10-8-11-15/h15,18H,5-14H2,1-4H3. The lowest BCUT2D eigenvalue weighted by atomic mass is 9.85. The summed E-state index contributed by atoms with van der Waals surface area (Å²) in [6.07, 6.45) is 6.07. The summed E-state index contributed by atoms with van der Waals surface area (Å²) in [7, 11) is 0. The third kappa shape index (κ3) is 5.95. The Morgan fingerprint density at radius 2 is 2.05 bits per heavy atom. The fourth-order valence-electron chi connectivity index (χ4n) is 3.02. The summed E-state index contributed by atoms with van der Waals surface area (Å²) in [5.41, 5.74) is -0.541. The Morgan fingerprint density at radius 1 is 1.33 bits per heavy atom. The molecular formula is C17H34N2O2. The summed E-state index contributed by atoms with van der Waals surface area (Å²) in [5.74, 6) is 0.795. The van der Waals surface area contributed by atoms with Crippen molar-refractivity contribution in [1.82, 2.24) is 10.2 Å². The van der Waals surface area contributed by atoms with E-state index in [0.29, 0.717) is 6.61 Å². The quantitative estimate of drug-likeness (QED) is 0.596. The van der Waals surface area contributed by atoms with Crippen LogP contribution in [0, 0.1) is 5.92 Å². The van der Waals surface area contributed by atoms with Crippen molar-refractivity contribution in [3.63, 3.8) is 0 Å². The van der Waals surface area contributed by atoms with Crippen LogP contribution in [0.15, 0.2) is 0 Å². The number of hydrogen-bond acceptors (Lipinski definition) is 4. The number of likely N-dealkylation sites (N-methyl/N-ethyl adjacent to an activating group) is 1. The molecular weight excluding hydrogens is 264 g/mol. The zero-order valence-corrected chi connectivity index (χ0v) is 14.4. The molecule has 1 saturated carbocycles. The SMILES string of the molecule is CCNC(C)(CCCN(CC)CC1CCC1)C(=O)OCC. The van der Waals surface area contributed by atoms with E-state index in [4.69, 9.17) is 4.74 Å². The van der Waals surface area contributed by atoms with Gasteiger partial charge in [-0.3, -0.25) is 4.79 Å². The first-order valence-electron chi connectivity index (χ1n) is 8.70. The maximum atomic E-state index is 12.1. The average molecular weight is 298 g/mol. The van der Waals surface area contributed by atoms with Gasteiger partial charge in [0.25, 0.3) is 0 Å². The van der Waals surface area contributed by atoms with Crippen LogP contribution < -0.4 is 5.32 Å². The summed E-state index contributed by atoms with van der Waals surface area (Å²) in [6.45, 7) is 12.7. The molecule has 1 aliphatic rings. The third-order valence-corrected chi connectivity index (χ3v) is 4.63. The van der Waals surface area contributed by atoms with Gasteiger partial charge >= 0.3 is 5.97 Å². The largest absolute Gasteiger partial charge is 0.465 e. The number of ether oxygens (including phenoxy) is 1. The van der Waals surface area contributed by atoms with Crippen molar-refractivity contribution in [1.29, 1.82) is 0 Å². The van der Waals surface area contributed by atoms with Crippen LogP contribution in [0.4, 0.5) is 0 Å². The van der Waals surface area contributed by atoms with Gasteiger partial charge in [0.05, 0.1) is 6.61 Å². The fourth-order valence-corrected chi connectivity index (χ4v) is 3.02. The Bertz CT molecular complexity index is 305. The van der Waals surface area contributed by atoms with E-state index in [0.717, 1.165) is 38.4 Å². The highest BCUT2D eigenvalue weighted by molar-refractivity contribution is 5.80. The van der Waals surface area contributed by atoms with E-state index in [1.165, 1.54) is 25.8 Å². The van der Waals surface area contributed by atoms with Crippen LogP contribution in [0.2, 0.25) is 0 Å². The van der Waals surface area contributed by atoms with Crippen LogP contribution >= 0.6 is 0 Å². The molecule has 0 aromatic heterocycles. The van der Waals surface area contributed by atoms with Gasteiger partial charge in [-0.05, 0) is 65.1 Å². The zero-order valence-electron chi connectivity index (χ0n) is 14.4. The number of carbonyl (C=O) groups is 1. The minimum absolute atomic E-state index is 0.117. The molecule has 1 unspecified atom stereocenters. The molecule has 21 heavy (non-hydrogen) atoms. The molecule has 4 heteroatoms. The molecule has 0 bridgehead atoms. The predicted molar refractivity (Wildman–Crippen MR) is 87.4 cm³/mol. The fraction of sp³-hybridized carbons (Fsp3) is 0.941. The lowest BCUT2D eigenvalue weighted by molar-refractivity contribution is -0.150. The van der Waals surface area contributed by atoms with Crippen LogP contribution in [0.3, 0.4) is 0 Å². The number of rotatable bonds is 11. The normalized spacial score (nSPS) is 18.3. The van der Waals surface area contributed by atoms with E-state index in [2.05, 4.69) is 17.1 Å². The lowest BCUT2D eigenvalue weighted by Crippen LogP contribution is -2.50. The molecule has 1 atom stereocenters. The van der Waals surface area contributed by atoms with Gasteiger partial charge in [-0.15, -0.1) is 0 Å². The molecule has 0 spiro atoms. The van der Waals surface area contributed by atoms with Gasteiger partial charge in [0, 0.05) is 6.54 Å². The number of nitrogens with one attached hydrogen (secondary N) is 1. The summed E-state index contributed by atoms with van der Waals surface area (Å²) in [6, 6.07) is 0. The Kier molecular flexibility index (Phi) is 8.27. The summed E-state index contributed by atoms with van der Waals surface area (Å²) < 4.78 is 5.22. The van der Waals surface area contributed by atoms with Gasteiger partial charge in [0.15, 0.2) is 0 Å².